The second-order valence-corrected chi connectivity index (χ2v) is 12.1. The number of hydrogen-bond acceptors (Lipinski definition) is 7. The van der Waals surface area contributed by atoms with Gasteiger partial charge >= 0.3 is 6.09 Å². The lowest BCUT2D eigenvalue weighted by Crippen LogP contribution is -2.37. The molecule has 1 aliphatic heterocycles. The number of aromatic nitrogens is 3. The molecule has 12 heteroatoms. The molecule has 202 valence electrons. The number of aliphatic hydroxyl groups excluding tert-OH is 1. The van der Waals surface area contributed by atoms with Crippen molar-refractivity contribution < 1.29 is 23.1 Å². The highest BCUT2D eigenvalue weighted by atomic mass is 35.5. The highest BCUT2D eigenvalue weighted by Crippen LogP contribution is 2.41. The second-order valence-electron chi connectivity index (χ2n) is 9.73. The van der Waals surface area contributed by atoms with Crippen LogP contribution in [0.5, 0.6) is 5.75 Å². The maximum atomic E-state index is 13.1. The number of nitrogens with zero attached hydrogens (tertiary/aromatic N) is 4. The molecule has 2 aliphatic rings. The molecule has 3 heterocycles. The lowest BCUT2D eigenvalue weighted by molar-refractivity contribution is 0.213. The summed E-state index contributed by atoms with van der Waals surface area (Å²) < 4.78 is 34.9. The summed E-state index contributed by atoms with van der Waals surface area (Å²) in [4.78, 5) is 17.6. The Hall–Kier alpha value is -3.51. The molecule has 2 N–H and O–H groups in total. The SMILES string of the molecule is O=C(Nc1cccc(S(=O)(=O)N2CCC[C@H]2CO)c1)Oc1cnn2c(C3CC3)cc(-c3ccc(Cl)cc3)nc12. The first-order chi connectivity index (χ1) is 18.8. The van der Waals surface area contributed by atoms with Crippen LogP contribution in [0.3, 0.4) is 0 Å². The molecule has 0 bridgehead atoms. The van der Waals surface area contributed by atoms with E-state index in [0.717, 1.165) is 24.1 Å². The van der Waals surface area contributed by atoms with Gasteiger partial charge in [0.15, 0.2) is 11.4 Å². The Balaban J connectivity index is 1.25. The number of benzene rings is 2. The molecular weight excluding hydrogens is 542 g/mol. The number of sulfonamides is 1. The molecule has 10 nitrogen and oxygen atoms in total. The van der Waals surface area contributed by atoms with E-state index in [-0.39, 0.29) is 22.9 Å². The van der Waals surface area contributed by atoms with Crippen molar-refractivity contribution in [1.29, 1.82) is 0 Å². The van der Waals surface area contributed by atoms with E-state index < -0.39 is 22.2 Å². The van der Waals surface area contributed by atoms with Crippen LogP contribution in [0, 0.1) is 0 Å². The molecule has 1 saturated heterocycles. The lowest BCUT2D eigenvalue weighted by atomic mass is 10.1. The molecule has 0 spiro atoms. The highest BCUT2D eigenvalue weighted by molar-refractivity contribution is 7.89. The quantitative estimate of drug-likeness (QED) is 0.332. The van der Waals surface area contributed by atoms with Gasteiger partial charge in [0.25, 0.3) is 0 Å². The zero-order valence-electron chi connectivity index (χ0n) is 20.8. The number of carbonyl (C=O) groups excluding carboxylic acids is 1. The van der Waals surface area contributed by atoms with Crippen LogP contribution in [0.4, 0.5) is 10.5 Å². The molecule has 6 rings (SSSR count). The molecule has 2 aromatic heterocycles. The number of nitrogens with one attached hydrogen (secondary N) is 1. The molecule has 2 fully saturated rings. The molecule has 1 atom stereocenters. The Morgan fingerprint density at radius 2 is 1.92 bits per heavy atom. The molecule has 1 aliphatic carbocycles. The van der Waals surface area contributed by atoms with E-state index in [1.165, 1.54) is 22.6 Å². The van der Waals surface area contributed by atoms with Crippen molar-refractivity contribution in [1.82, 2.24) is 18.9 Å². The van der Waals surface area contributed by atoms with Gasteiger partial charge in [-0.05, 0) is 62.1 Å². The summed E-state index contributed by atoms with van der Waals surface area (Å²) in [5, 5.41) is 17.2. The Morgan fingerprint density at radius 1 is 1.13 bits per heavy atom. The summed E-state index contributed by atoms with van der Waals surface area (Å²) in [5.74, 6) is 0.533. The maximum Gasteiger partial charge on any atom is 0.417 e. The van der Waals surface area contributed by atoms with Gasteiger partial charge in [-0.1, -0.05) is 29.8 Å². The first-order valence-electron chi connectivity index (χ1n) is 12.7. The number of halogens is 1. The van der Waals surface area contributed by atoms with Crippen LogP contribution < -0.4 is 10.1 Å². The Morgan fingerprint density at radius 3 is 2.67 bits per heavy atom. The third-order valence-corrected chi connectivity index (χ3v) is 9.23. The lowest BCUT2D eigenvalue weighted by Gasteiger charge is -2.22. The Labute approximate surface area is 230 Å². The van der Waals surface area contributed by atoms with Crippen molar-refractivity contribution in [2.24, 2.45) is 0 Å². The fourth-order valence-corrected chi connectivity index (χ4v) is 6.75. The zero-order valence-corrected chi connectivity index (χ0v) is 22.4. The normalized spacial score (nSPS) is 17.9. The van der Waals surface area contributed by atoms with Gasteiger partial charge in [0.2, 0.25) is 10.0 Å². The summed E-state index contributed by atoms with van der Waals surface area (Å²) in [7, 11) is -3.83. The van der Waals surface area contributed by atoms with Gasteiger partial charge in [0, 0.05) is 40.5 Å². The Kier molecular flexibility index (Phi) is 6.76. The summed E-state index contributed by atoms with van der Waals surface area (Å²) in [6, 6.07) is 14.9. The van der Waals surface area contributed by atoms with Crippen molar-refractivity contribution >= 4 is 39.1 Å². The first kappa shape index (κ1) is 25.8. The van der Waals surface area contributed by atoms with Gasteiger partial charge in [0.1, 0.15) is 0 Å². The van der Waals surface area contributed by atoms with Crippen molar-refractivity contribution in [2.75, 3.05) is 18.5 Å². The van der Waals surface area contributed by atoms with E-state index in [4.69, 9.17) is 21.3 Å². The van der Waals surface area contributed by atoms with Crippen molar-refractivity contribution in [3.05, 3.63) is 71.5 Å². The van der Waals surface area contributed by atoms with E-state index >= 15 is 0 Å². The largest absolute Gasteiger partial charge is 0.417 e. The second kappa shape index (κ2) is 10.2. The van der Waals surface area contributed by atoms with Gasteiger partial charge < -0.3 is 9.84 Å². The zero-order chi connectivity index (χ0) is 27.1. The minimum atomic E-state index is -3.83. The predicted octanol–water partition coefficient (Wildman–Crippen LogP) is 4.68. The van der Waals surface area contributed by atoms with E-state index in [9.17, 15) is 18.3 Å². The monoisotopic (exact) mass is 567 g/mol. The fourth-order valence-electron chi connectivity index (χ4n) is 4.90. The molecule has 0 radical (unpaired) electrons. The van der Waals surface area contributed by atoms with Gasteiger partial charge in [-0.3, -0.25) is 5.32 Å². The summed E-state index contributed by atoms with van der Waals surface area (Å²) in [6.45, 7) is 0.106. The Bertz CT molecular complexity index is 1650. The summed E-state index contributed by atoms with van der Waals surface area (Å²) in [5.41, 5.74) is 3.24. The summed E-state index contributed by atoms with van der Waals surface area (Å²) in [6.07, 6.45) is 4.03. The molecule has 39 heavy (non-hydrogen) atoms. The molecule has 2 aromatic carbocycles. The van der Waals surface area contributed by atoms with Gasteiger partial charge in [-0.2, -0.15) is 9.40 Å². The minimum absolute atomic E-state index is 0.0278. The van der Waals surface area contributed by atoms with Crippen molar-refractivity contribution in [3.8, 4) is 17.0 Å². The summed E-state index contributed by atoms with van der Waals surface area (Å²) >= 11 is 6.05. The third-order valence-electron chi connectivity index (χ3n) is 7.03. The topological polar surface area (TPSA) is 126 Å². The van der Waals surface area contributed by atoms with Crippen LogP contribution in [-0.2, 0) is 10.0 Å². The van der Waals surface area contributed by atoms with Gasteiger partial charge in [0.05, 0.1) is 23.4 Å². The number of rotatable bonds is 7. The van der Waals surface area contributed by atoms with Crippen LogP contribution >= 0.6 is 11.6 Å². The number of ether oxygens (including phenoxy) is 1. The standard InChI is InChI=1S/C27H26ClN5O5S/c28-19-10-8-17(9-11-19)23-14-24(18-6-7-18)33-26(31-23)25(15-29-33)38-27(35)30-20-3-1-5-22(13-20)39(36,37)32-12-2-4-21(32)16-34/h1,3,5,8-11,13-15,18,21,34H,2,4,6-7,12,16H2,(H,30,35)/t21-/m0/s1. The van der Waals surface area contributed by atoms with E-state index in [0.29, 0.717) is 41.7 Å². The third kappa shape index (κ3) is 5.10. The van der Waals surface area contributed by atoms with Crippen LogP contribution in [0.2, 0.25) is 5.02 Å². The van der Waals surface area contributed by atoms with Crippen LogP contribution in [0.1, 0.15) is 37.3 Å². The van der Waals surface area contributed by atoms with Gasteiger partial charge in [-0.25, -0.2) is 22.7 Å². The first-order valence-corrected chi connectivity index (χ1v) is 14.5. The van der Waals surface area contributed by atoms with Gasteiger partial charge in [-0.15, -0.1) is 0 Å². The van der Waals surface area contributed by atoms with Crippen molar-refractivity contribution in [2.45, 2.75) is 42.5 Å². The number of anilines is 1. The van der Waals surface area contributed by atoms with Crippen LogP contribution in [-0.4, -0.2) is 57.7 Å². The average Bonchev–Trinajstić information content (AvgIpc) is 3.52. The van der Waals surface area contributed by atoms with Crippen LogP contribution in [0.25, 0.3) is 16.9 Å². The minimum Gasteiger partial charge on any atom is -0.404 e. The molecule has 0 unspecified atom stereocenters. The van der Waals surface area contributed by atoms with E-state index in [1.54, 1.807) is 28.8 Å². The molecule has 4 aromatic rings. The molecular formula is C27H26ClN5O5S. The number of amides is 1. The average molecular weight is 568 g/mol. The highest BCUT2D eigenvalue weighted by Gasteiger charge is 2.35. The van der Waals surface area contributed by atoms with Crippen molar-refractivity contribution in [3.63, 3.8) is 0 Å². The van der Waals surface area contributed by atoms with E-state index in [2.05, 4.69) is 10.4 Å². The van der Waals surface area contributed by atoms with E-state index in [1.807, 2.05) is 18.2 Å². The molecule has 1 saturated carbocycles. The smallest absolute Gasteiger partial charge is 0.404 e. The number of carbonyl (C=O) groups is 1. The van der Waals surface area contributed by atoms with Crippen LogP contribution in [0.15, 0.2) is 65.7 Å². The number of fused-ring (bicyclic) bond motifs is 1. The number of hydrogen-bond donors (Lipinski definition) is 2. The maximum absolute atomic E-state index is 13.1. The number of aliphatic hydroxyl groups is 1. The fraction of sp³-hybridized carbons (Fsp3) is 0.296. The molecule has 1 amide bonds. The predicted molar refractivity (Wildman–Crippen MR) is 145 cm³/mol.